The zero-order valence-corrected chi connectivity index (χ0v) is 25.5. The highest BCUT2D eigenvalue weighted by atomic mass is 15.0. The molecule has 0 radical (unpaired) electrons. The van der Waals surface area contributed by atoms with Crippen molar-refractivity contribution in [1.82, 2.24) is 14.4 Å². The summed E-state index contributed by atoms with van der Waals surface area (Å²) in [5.74, 6) is 0. The lowest BCUT2D eigenvalue weighted by molar-refractivity contribution is 0.660. The zero-order valence-electron chi connectivity index (χ0n) is 25.5. The first-order valence-electron chi connectivity index (χ1n) is 15.6. The SMILES string of the molecule is CC1(C)c2cc(C#N)ccc2-c2ccc(-c3ccc(-c4ccc5nc(-c6ccccc6)c6c(nc7ccccn76)c5c4)cc3)cc21. The van der Waals surface area contributed by atoms with Gasteiger partial charge in [-0.1, -0.05) is 98.8 Å². The molecule has 0 amide bonds. The van der Waals surface area contributed by atoms with Crippen molar-refractivity contribution in [3.8, 4) is 50.7 Å². The van der Waals surface area contributed by atoms with Gasteiger partial charge >= 0.3 is 0 Å². The van der Waals surface area contributed by atoms with Gasteiger partial charge in [-0.05, 0) is 87.0 Å². The van der Waals surface area contributed by atoms with Crippen LogP contribution in [0.15, 0.2) is 134 Å². The van der Waals surface area contributed by atoms with Gasteiger partial charge in [0.2, 0.25) is 0 Å². The summed E-state index contributed by atoms with van der Waals surface area (Å²) < 4.78 is 2.14. The fourth-order valence-corrected chi connectivity index (χ4v) is 7.23. The normalized spacial score (nSPS) is 13.2. The molecule has 8 aromatic rings. The Bertz CT molecular complexity index is 2550. The van der Waals surface area contributed by atoms with Crippen LogP contribution < -0.4 is 0 Å². The topological polar surface area (TPSA) is 54.0 Å². The third kappa shape index (κ3) is 3.85. The number of hydrogen-bond donors (Lipinski definition) is 0. The lowest BCUT2D eigenvalue weighted by atomic mass is 9.81. The summed E-state index contributed by atoms with van der Waals surface area (Å²) in [6, 6.07) is 46.9. The van der Waals surface area contributed by atoms with Crippen molar-refractivity contribution in [3.63, 3.8) is 0 Å². The van der Waals surface area contributed by atoms with E-state index in [9.17, 15) is 5.26 Å². The molecule has 4 heteroatoms. The second-order valence-electron chi connectivity index (χ2n) is 12.6. The number of imidazole rings is 1. The van der Waals surface area contributed by atoms with Gasteiger partial charge in [-0.3, -0.25) is 4.40 Å². The molecular formula is C42H28N4. The van der Waals surface area contributed by atoms with Gasteiger partial charge < -0.3 is 0 Å². The summed E-state index contributed by atoms with van der Waals surface area (Å²) >= 11 is 0. The van der Waals surface area contributed by atoms with Gasteiger partial charge in [0.1, 0.15) is 11.2 Å². The molecule has 0 bridgehead atoms. The highest BCUT2D eigenvalue weighted by Gasteiger charge is 2.35. The van der Waals surface area contributed by atoms with Crippen LogP contribution >= 0.6 is 0 Å². The Labute approximate surface area is 266 Å². The summed E-state index contributed by atoms with van der Waals surface area (Å²) in [6.45, 7) is 4.51. The largest absolute Gasteiger partial charge is 0.298 e. The predicted octanol–water partition coefficient (Wildman–Crippen LogP) is 10.2. The molecule has 0 spiro atoms. The van der Waals surface area contributed by atoms with E-state index in [2.05, 4.69) is 122 Å². The second kappa shape index (κ2) is 9.72. The Morgan fingerprint density at radius 1 is 0.609 bits per heavy atom. The number of hydrogen-bond acceptors (Lipinski definition) is 3. The van der Waals surface area contributed by atoms with Crippen LogP contribution in [-0.4, -0.2) is 14.4 Å². The molecule has 0 unspecified atom stereocenters. The average Bonchev–Trinajstić information content (AvgIpc) is 3.61. The third-order valence-corrected chi connectivity index (χ3v) is 9.64. The molecule has 0 atom stereocenters. The van der Waals surface area contributed by atoms with Gasteiger partial charge in [0.05, 0.1) is 28.4 Å². The summed E-state index contributed by atoms with van der Waals surface area (Å²) in [6.07, 6.45) is 2.07. The van der Waals surface area contributed by atoms with Crippen molar-refractivity contribution in [3.05, 3.63) is 150 Å². The number of pyridine rings is 2. The summed E-state index contributed by atoms with van der Waals surface area (Å²) in [5, 5.41) is 10.5. The molecule has 0 fully saturated rings. The number of aromatic nitrogens is 3. The molecule has 3 heterocycles. The molecular weight excluding hydrogens is 560 g/mol. The van der Waals surface area contributed by atoms with Gasteiger partial charge in [0.25, 0.3) is 0 Å². The van der Waals surface area contributed by atoms with Crippen molar-refractivity contribution in [2.45, 2.75) is 19.3 Å². The van der Waals surface area contributed by atoms with Crippen LogP contribution in [0.25, 0.3) is 72.2 Å². The molecule has 9 rings (SSSR count). The van der Waals surface area contributed by atoms with E-state index in [1.165, 1.54) is 33.4 Å². The predicted molar refractivity (Wildman–Crippen MR) is 187 cm³/mol. The maximum atomic E-state index is 9.48. The maximum absolute atomic E-state index is 9.48. The molecule has 0 saturated heterocycles. The monoisotopic (exact) mass is 588 g/mol. The number of benzene rings is 5. The van der Waals surface area contributed by atoms with Crippen LogP contribution in [0.1, 0.15) is 30.5 Å². The Morgan fingerprint density at radius 2 is 1.26 bits per heavy atom. The first-order valence-corrected chi connectivity index (χ1v) is 15.6. The molecule has 1 aliphatic carbocycles. The molecule has 0 N–H and O–H groups in total. The van der Waals surface area contributed by atoms with Crippen LogP contribution in [-0.2, 0) is 5.41 Å². The minimum atomic E-state index is -0.170. The lowest BCUT2D eigenvalue weighted by Crippen LogP contribution is -2.15. The van der Waals surface area contributed by atoms with E-state index in [-0.39, 0.29) is 5.41 Å². The van der Waals surface area contributed by atoms with E-state index in [1.54, 1.807) is 0 Å². The van der Waals surface area contributed by atoms with Crippen LogP contribution in [0.4, 0.5) is 0 Å². The molecule has 4 nitrogen and oxygen atoms in total. The zero-order chi connectivity index (χ0) is 31.0. The van der Waals surface area contributed by atoms with Crippen LogP contribution in [0.3, 0.4) is 0 Å². The van der Waals surface area contributed by atoms with E-state index >= 15 is 0 Å². The maximum Gasteiger partial charge on any atom is 0.137 e. The lowest BCUT2D eigenvalue weighted by Gasteiger charge is -2.22. The highest BCUT2D eigenvalue weighted by Crippen LogP contribution is 2.50. The quantitative estimate of drug-likeness (QED) is 0.206. The first kappa shape index (κ1) is 26.4. The van der Waals surface area contributed by atoms with Crippen LogP contribution in [0, 0.1) is 11.3 Å². The third-order valence-electron chi connectivity index (χ3n) is 9.64. The van der Waals surface area contributed by atoms with Gasteiger partial charge in [0.15, 0.2) is 0 Å². The molecule has 0 saturated carbocycles. The van der Waals surface area contributed by atoms with E-state index in [4.69, 9.17) is 9.97 Å². The second-order valence-corrected chi connectivity index (χ2v) is 12.6. The van der Waals surface area contributed by atoms with E-state index in [1.807, 2.05) is 36.4 Å². The van der Waals surface area contributed by atoms with Crippen molar-refractivity contribution in [2.24, 2.45) is 0 Å². The molecule has 1 aliphatic rings. The first-order chi connectivity index (χ1) is 22.5. The average molecular weight is 589 g/mol. The molecule has 5 aromatic carbocycles. The molecule has 46 heavy (non-hydrogen) atoms. The molecule has 3 aromatic heterocycles. The molecule has 216 valence electrons. The van der Waals surface area contributed by atoms with Gasteiger partial charge in [-0.25, -0.2) is 9.97 Å². The summed E-state index contributed by atoms with van der Waals surface area (Å²) in [4.78, 5) is 10.3. The van der Waals surface area contributed by atoms with Gasteiger partial charge in [-0.2, -0.15) is 5.26 Å². The Hall–Kier alpha value is -6.05. The van der Waals surface area contributed by atoms with Crippen molar-refractivity contribution >= 4 is 27.6 Å². The number of fused-ring (bicyclic) bond motifs is 8. The smallest absolute Gasteiger partial charge is 0.137 e. The van der Waals surface area contributed by atoms with E-state index in [0.29, 0.717) is 5.56 Å². The Balaban J connectivity index is 1.12. The summed E-state index contributed by atoms with van der Waals surface area (Å²) in [7, 11) is 0. The fraction of sp³-hybridized carbons (Fsp3) is 0.0714. The minimum Gasteiger partial charge on any atom is -0.298 e. The highest BCUT2D eigenvalue weighted by molar-refractivity contribution is 6.10. The standard InChI is InChI=1S/C42H28N4/c1-42(2)35-22-26(25-43)11-18-32(35)33-19-16-31(24-36(33)42)28-14-12-27(13-15-28)30-17-20-37-34(23-30)40-41(46-21-7-6-10-38(46)45-40)39(44-37)29-8-4-3-5-9-29/h3-24H,1-2H3. The van der Waals surface area contributed by atoms with Crippen molar-refractivity contribution in [1.29, 1.82) is 5.26 Å². The number of rotatable bonds is 3. The summed E-state index contributed by atoms with van der Waals surface area (Å²) in [5.41, 5.74) is 16.0. The number of nitriles is 1. The van der Waals surface area contributed by atoms with Crippen molar-refractivity contribution < 1.29 is 0 Å². The minimum absolute atomic E-state index is 0.170. The van der Waals surface area contributed by atoms with Crippen LogP contribution in [0.2, 0.25) is 0 Å². The Morgan fingerprint density at radius 3 is 2.02 bits per heavy atom. The van der Waals surface area contributed by atoms with Crippen molar-refractivity contribution in [2.75, 3.05) is 0 Å². The Kier molecular flexibility index (Phi) is 5.57. The van der Waals surface area contributed by atoms with Gasteiger partial charge in [0, 0.05) is 22.6 Å². The van der Waals surface area contributed by atoms with Crippen LogP contribution in [0.5, 0.6) is 0 Å². The fourth-order valence-electron chi connectivity index (χ4n) is 7.23. The number of nitrogens with zero attached hydrogens (tertiary/aromatic N) is 4. The molecule has 0 aliphatic heterocycles. The van der Waals surface area contributed by atoms with E-state index in [0.717, 1.165) is 50.0 Å². The van der Waals surface area contributed by atoms with E-state index < -0.39 is 0 Å². The van der Waals surface area contributed by atoms with Gasteiger partial charge in [-0.15, -0.1) is 0 Å².